The van der Waals surface area contributed by atoms with Crippen LogP contribution >= 0.6 is 12.2 Å². The van der Waals surface area contributed by atoms with Crippen molar-refractivity contribution >= 4 is 23.3 Å². The molecule has 0 aliphatic carbocycles. The number of carbonyl (C=O) groups excluding carboxylic acids is 1. The average molecular weight is 249 g/mol. The molecule has 0 bridgehead atoms. The van der Waals surface area contributed by atoms with E-state index in [2.05, 4.69) is 0 Å². The predicted molar refractivity (Wildman–Crippen MR) is 69.4 cm³/mol. The molecule has 2 rings (SSSR count). The van der Waals surface area contributed by atoms with Crippen molar-refractivity contribution in [3.8, 4) is 0 Å². The van der Waals surface area contributed by atoms with Gasteiger partial charge in [-0.1, -0.05) is 44.2 Å². The quantitative estimate of drug-likeness (QED) is 0.754. The Balaban J connectivity index is 2.29. The molecule has 1 aromatic rings. The van der Waals surface area contributed by atoms with E-state index in [1.165, 1.54) is 0 Å². The molecule has 1 aliphatic heterocycles. The van der Waals surface area contributed by atoms with Crippen LogP contribution in [0.1, 0.15) is 25.5 Å². The van der Waals surface area contributed by atoms with Gasteiger partial charge in [-0.15, -0.1) is 0 Å². The van der Waals surface area contributed by atoms with Gasteiger partial charge in [-0.3, -0.25) is 9.69 Å². The first-order valence-electron chi connectivity index (χ1n) is 5.66. The van der Waals surface area contributed by atoms with E-state index in [1.807, 2.05) is 44.2 Å². The van der Waals surface area contributed by atoms with Crippen LogP contribution in [0.4, 0.5) is 0 Å². The minimum atomic E-state index is -0.0846. The molecule has 1 aromatic carbocycles. The van der Waals surface area contributed by atoms with E-state index in [0.29, 0.717) is 6.61 Å². The number of thiocarbonyl (C=S) groups is 1. The van der Waals surface area contributed by atoms with Crippen LogP contribution in [0.25, 0.3) is 0 Å². The van der Waals surface area contributed by atoms with Crippen LogP contribution in [0.15, 0.2) is 30.3 Å². The third-order valence-corrected chi connectivity index (χ3v) is 3.10. The molecule has 0 radical (unpaired) electrons. The maximum Gasteiger partial charge on any atom is 0.266 e. The van der Waals surface area contributed by atoms with Gasteiger partial charge in [0.1, 0.15) is 6.61 Å². The molecule has 1 heterocycles. The van der Waals surface area contributed by atoms with E-state index in [9.17, 15) is 4.79 Å². The highest BCUT2D eigenvalue weighted by Crippen LogP contribution is 2.29. The summed E-state index contributed by atoms with van der Waals surface area (Å²) < 4.78 is 5.34. The minimum Gasteiger partial charge on any atom is -0.468 e. The topological polar surface area (TPSA) is 29.5 Å². The molecule has 0 saturated carbocycles. The van der Waals surface area contributed by atoms with Gasteiger partial charge in [0.25, 0.3) is 5.17 Å². The number of amides is 1. The maximum atomic E-state index is 12.1. The van der Waals surface area contributed by atoms with Crippen LogP contribution in [-0.2, 0) is 9.53 Å². The highest BCUT2D eigenvalue weighted by molar-refractivity contribution is 7.80. The minimum absolute atomic E-state index is 0.0151. The second kappa shape index (κ2) is 4.84. The van der Waals surface area contributed by atoms with E-state index in [-0.39, 0.29) is 23.0 Å². The summed E-state index contributed by atoms with van der Waals surface area (Å²) in [6, 6.07) is 9.75. The van der Waals surface area contributed by atoms with Gasteiger partial charge in [-0.05, 0) is 17.8 Å². The van der Waals surface area contributed by atoms with Gasteiger partial charge in [0.05, 0.1) is 6.04 Å². The van der Waals surface area contributed by atoms with Crippen molar-refractivity contribution < 1.29 is 9.53 Å². The molecular weight excluding hydrogens is 234 g/mol. The number of ether oxygens (including phenoxy) is 1. The number of benzene rings is 1. The van der Waals surface area contributed by atoms with Crippen molar-refractivity contribution in [3.63, 3.8) is 0 Å². The number of nitrogens with zero attached hydrogens (tertiary/aromatic N) is 1. The Bertz CT molecular complexity index is 430. The van der Waals surface area contributed by atoms with Gasteiger partial charge in [0.2, 0.25) is 5.91 Å². The van der Waals surface area contributed by atoms with E-state index >= 15 is 0 Å². The fourth-order valence-electron chi connectivity index (χ4n) is 1.86. The lowest BCUT2D eigenvalue weighted by Gasteiger charge is -2.23. The van der Waals surface area contributed by atoms with Crippen molar-refractivity contribution in [2.24, 2.45) is 5.92 Å². The molecular formula is C13H15NO2S. The molecule has 0 aromatic heterocycles. The van der Waals surface area contributed by atoms with Crippen LogP contribution in [-0.4, -0.2) is 22.6 Å². The third-order valence-electron chi connectivity index (χ3n) is 2.79. The lowest BCUT2D eigenvalue weighted by atomic mass is 10.1. The van der Waals surface area contributed by atoms with Crippen molar-refractivity contribution in [2.75, 3.05) is 6.61 Å². The first kappa shape index (κ1) is 12.0. The number of carbonyl (C=O) groups is 1. The summed E-state index contributed by atoms with van der Waals surface area (Å²) in [5.74, 6) is -0.0674. The van der Waals surface area contributed by atoms with Gasteiger partial charge in [0, 0.05) is 5.92 Å². The molecule has 0 unspecified atom stereocenters. The lowest BCUT2D eigenvalue weighted by molar-refractivity contribution is -0.131. The molecule has 90 valence electrons. The average Bonchev–Trinajstić information content (AvgIpc) is 2.71. The summed E-state index contributed by atoms with van der Waals surface area (Å²) >= 11 is 5.10. The highest BCUT2D eigenvalue weighted by Gasteiger charge is 2.36. The summed E-state index contributed by atoms with van der Waals surface area (Å²) in [7, 11) is 0. The SMILES string of the molecule is CC(C)C(=O)N1C(=S)OC[C@H]1c1ccccc1. The molecule has 1 saturated heterocycles. The van der Waals surface area contributed by atoms with E-state index < -0.39 is 0 Å². The zero-order valence-corrected chi connectivity index (χ0v) is 10.7. The fourth-order valence-corrected chi connectivity index (χ4v) is 2.15. The van der Waals surface area contributed by atoms with Crippen LogP contribution in [0.2, 0.25) is 0 Å². The summed E-state index contributed by atoms with van der Waals surface area (Å²) in [6.45, 7) is 4.18. The Morgan fingerprint density at radius 1 is 1.41 bits per heavy atom. The number of rotatable bonds is 2. The van der Waals surface area contributed by atoms with Crippen LogP contribution in [0.5, 0.6) is 0 Å². The number of hydrogen-bond donors (Lipinski definition) is 0. The second-order valence-corrected chi connectivity index (χ2v) is 4.72. The second-order valence-electron chi connectivity index (χ2n) is 4.37. The molecule has 1 fully saturated rings. The van der Waals surface area contributed by atoms with Gasteiger partial charge in [-0.25, -0.2) is 0 Å². The van der Waals surface area contributed by atoms with Gasteiger partial charge in [0.15, 0.2) is 0 Å². The first-order valence-corrected chi connectivity index (χ1v) is 6.07. The fraction of sp³-hybridized carbons (Fsp3) is 0.385. The Kier molecular flexibility index (Phi) is 3.43. The summed E-state index contributed by atoms with van der Waals surface area (Å²) in [5, 5.41) is 0.289. The maximum absolute atomic E-state index is 12.1. The van der Waals surface area contributed by atoms with Gasteiger partial charge in [-0.2, -0.15) is 0 Å². The van der Waals surface area contributed by atoms with E-state index in [4.69, 9.17) is 17.0 Å². The van der Waals surface area contributed by atoms with Crippen LogP contribution < -0.4 is 0 Å². The zero-order chi connectivity index (χ0) is 12.4. The van der Waals surface area contributed by atoms with E-state index in [1.54, 1.807) is 4.90 Å². The Labute approximate surface area is 106 Å². The van der Waals surface area contributed by atoms with Crippen molar-refractivity contribution in [2.45, 2.75) is 19.9 Å². The molecule has 0 spiro atoms. The predicted octanol–water partition coefficient (Wildman–Crippen LogP) is 2.53. The summed E-state index contributed by atoms with van der Waals surface area (Å²) in [5.41, 5.74) is 1.06. The highest BCUT2D eigenvalue weighted by atomic mass is 32.1. The molecule has 4 heteroatoms. The zero-order valence-electron chi connectivity index (χ0n) is 9.92. The molecule has 0 N–H and O–H groups in total. The largest absolute Gasteiger partial charge is 0.468 e. The number of hydrogen-bond acceptors (Lipinski definition) is 3. The lowest BCUT2D eigenvalue weighted by Crippen LogP contribution is -2.36. The normalized spacial score (nSPS) is 19.6. The Morgan fingerprint density at radius 2 is 2.06 bits per heavy atom. The third kappa shape index (κ3) is 2.31. The summed E-state index contributed by atoms with van der Waals surface area (Å²) in [6.07, 6.45) is 0. The van der Waals surface area contributed by atoms with Gasteiger partial charge < -0.3 is 4.74 Å². The molecule has 1 atom stereocenters. The van der Waals surface area contributed by atoms with Crippen molar-refractivity contribution in [3.05, 3.63) is 35.9 Å². The van der Waals surface area contributed by atoms with Crippen molar-refractivity contribution in [1.29, 1.82) is 0 Å². The molecule has 3 nitrogen and oxygen atoms in total. The smallest absolute Gasteiger partial charge is 0.266 e. The van der Waals surface area contributed by atoms with Crippen molar-refractivity contribution in [1.82, 2.24) is 4.90 Å². The molecule has 1 amide bonds. The Hall–Kier alpha value is -1.42. The van der Waals surface area contributed by atoms with Crippen LogP contribution in [0, 0.1) is 5.92 Å². The first-order chi connectivity index (χ1) is 8.11. The van der Waals surface area contributed by atoms with E-state index in [0.717, 1.165) is 5.56 Å². The monoisotopic (exact) mass is 249 g/mol. The molecule has 1 aliphatic rings. The van der Waals surface area contributed by atoms with Crippen LogP contribution in [0.3, 0.4) is 0 Å². The van der Waals surface area contributed by atoms with Gasteiger partial charge >= 0.3 is 0 Å². The Morgan fingerprint density at radius 3 is 2.65 bits per heavy atom. The molecule has 17 heavy (non-hydrogen) atoms. The summed E-state index contributed by atoms with van der Waals surface area (Å²) in [4.78, 5) is 13.7. The standard InChI is InChI=1S/C13H15NO2S/c1-9(2)12(15)14-11(8-16-13(14)17)10-6-4-3-5-7-10/h3-7,9,11H,8H2,1-2H3/t11-/m0/s1.